The largest absolute Gasteiger partial charge is 0.485 e. The molecule has 0 amide bonds. The minimum absolute atomic E-state index is 0.233. The molecule has 2 aromatic carbocycles. The maximum atomic E-state index is 16.3. The van der Waals surface area contributed by atoms with Crippen LogP contribution in [0.4, 0.5) is 8.78 Å². The number of ether oxygens (including phenoxy) is 2. The van der Waals surface area contributed by atoms with Gasteiger partial charge in [-0.15, -0.1) is 0 Å². The van der Waals surface area contributed by atoms with Crippen molar-refractivity contribution in [3.63, 3.8) is 0 Å². The number of aliphatic carboxylic acids is 1. The van der Waals surface area contributed by atoms with Crippen molar-refractivity contribution in [1.82, 2.24) is 9.88 Å². The van der Waals surface area contributed by atoms with E-state index in [9.17, 15) is 14.3 Å². The van der Waals surface area contributed by atoms with Crippen molar-refractivity contribution >= 4 is 5.97 Å². The number of carboxylic acid groups (broad SMARTS) is 1. The number of hydrogen-bond donors (Lipinski definition) is 1. The Kier molecular flexibility index (Phi) is 10.3. The number of carboxylic acids is 1. The average Bonchev–Trinajstić information content (AvgIpc) is 3.86. The highest BCUT2D eigenvalue weighted by Gasteiger charge is 2.28. The SMILES string of the molecule is C1CC1.CCN(CC)Cc1c(-c2cc(OC)ncc2F)ccc(C2CCc3ccc(CC(C)C(=O)O)cc3O2)c1F. The molecule has 1 aromatic heterocycles. The summed E-state index contributed by atoms with van der Waals surface area (Å²) in [6, 6.07) is 10.7. The maximum absolute atomic E-state index is 16.3. The Bertz CT molecular complexity index is 1350. The molecule has 0 bridgehead atoms. The number of carbonyl (C=O) groups is 1. The topological polar surface area (TPSA) is 71.9 Å². The van der Waals surface area contributed by atoms with Crippen molar-refractivity contribution < 1.29 is 28.2 Å². The molecule has 1 aliphatic heterocycles. The minimum atomic E-state index is -0.854. The van der Waals surface area contributed by atoms with E-state index in [1.807, 2.05) is 32.0 Å². The zero-order valence-electron chi connectivity index (χ0n) is 24.4. The Balaban J connectivity index is 0.00000121. The molecule has 3 aromatic rings. The lowest BCUT2D eigenvalue weighted by atomic mass is 9.91. The maximum Gasteiger partial charge on any atom is 0.306 e. The average molecular weight is 567 g/mol. The van der Waals surface area contributed by atoms with E-state index >= 15 is 4.39 Å². The predicted octanol–water partition coefficient (Wildman–Crippen LogP) is 7.38. The van der Waals surface area contributed by atoms with Gasteiger partial charge in [0.2, 0.25) is 5.88 Å². The summed E-state index contributed by atoms with van der Waals surface area (Å²) in [4.78, 5) is 17.3. The van der Waals surface area contributed by atoms with Crippen molar-refractivity contribution in [3.8, 4) is 22.8 Å². The second-order valence-electron chi connectivity index (χ2n) is 10.8. The first-order chi connectivity index (χ1) is 19.7. The third-order valence-electron chi connectivity index (χ3n) is 7.62. The van der Waals surface area contributed by atoms with Gasteiger partial charge in [0.15, 0.2) is 0 Å². The van der Waals surface area contributed by atoms with Gasteiger partial charge in [0.1, 0.15) is 23.5 Å². The van der Waals surface area contributed by atoms with Crippen LogP contribution in [0.3, 0.4) is 0 Å². The summed E-state index contributed by atoms with van der Waals surface area (Å²) >= 11 is 0. The molecule has 2 aliphatic rings. The third-order valence-corrected chi connectivity index (χ3v) is 7.62. The highest BCUT2D eigenvalue weighted by atomic mass is 19.1. The molecule has 0 radical (unpaired) electrons. The summed E-state index contributed by atoms with van der Waals surface area (Å²) < 4.78 is 42.7. The summed E-state index contributed by atoms with van der Waals surface area (Å²) in [6.45, 7) is 7.42. The highest BCUT2D eigenvalue weighted by Crippen LogP contribution is 2.40. The van der Waals surface area contributed by atoms with Crippen LogP contribution < -0.4 is 9.47 Å². The number of fused-ring (bicyclic) bond motifs is 1. The molecule has 0 spiro atoms. The van der Waals surface area contributed by atoms with Gasteiger partial charge in [-0.2, -0.15) is 0 Å². The Morgan fingerprint density at radius 2 is 1.85 bits per heavy atom. The summed E-state index contributed by atoms with van der Waals surface area (Å²) in [5, 5.41) is 9.27. The quantitative estimate of drug-likeness (QED) is 0.276. The molecule has 1 saturated carbocycles. The number of aryl methyl sites for hydroxylation is 1. The lowest BCUT2D eigenvalue weighted by molar-refractivity contribution is -0.141. The van der Waals surface area contributed by atoms with Gasteiger partial charge < -0.3 is 14.6 Å². The molecule has 220 valence electrons. The molecule has 2 unspecified atom stereocenters. The zero-order valence-corrected chi connectivity index (χ0v) is 24.4. The number of benzene rings is 2. The van der Waals surface area contributed by atoms with Crippen LogP contribution in [0.15, 0.2) is 42.6 Å². The molecule has 8 heteroatoms. The van der Waals surface area contributed by atoms with Gasteiger partial charge in [-0.25, -0.2) is 13.8 Å². The molecule has 6 nitrogen and oxygen atoms in total. The van der Waals surface area contributed by atoms with E-state index in [0.717, 1.165) is 17.3 Å². The predicted molar refractivity (Wildman–Crippen MR) is 155 cm³/mol. The van der Waals surface area contributed by atoms with Crippen LogP contribution in [0, 0.1) is 17.6 Å². The molecule has 0 saturated heterocycles. The molecule has 1 N–H and O–H groups in total. The molecular weight excluding hydrogens is 526 g/mol. The number of hydrogen-bond acceptors (Lipinski definition) is 5. The number of aromatic nitrogens is 1. The van der Waals surface area contributed by atoms with Crippen LogP contribution in [-0.2, 0) is 24.2 Å². The van der Waals surface area contributed by atoms with Gasteiger partial charge in [0.05, 0.1) is 19.2 Å². The van der Waals surface area contributed by atoms with E-state index in [1.54, 1.807) is 19.1 Å². The van der Waals surface area contributed by atoms with E-state index in [1.165, 1.54) is 32.4 Å². The summed E-state index contributed by atoms with van der Waals surface area (Å²) in [6.07, 6.45) is 6.75. The fourth-order valence-electron chi connectivity index (χ4n) is 4.90. The van der Waals surface area contributed by atoms with Gasteiger partial charge >= 0.3 is 5.97 Å². The van der Waals surface area contributed by atoms with Crippen molar-refractivity contribution in [2.45, 2.75) is 71.9 Å². The minimum Gasteiger partial charge on any atom is -0.485 e. The molecule has 2 heterocycles. The molecule has 1 fully saturated rings. The van der Waals surface area contributed by atoms with E-state index in [-0.39, 0.29) is 11.4 Å². The Morgan fingerprint density at radius 3 is 2.49 bits per heavy atom. The lowest BCUT2D eigenvalue weighted by Crippen LogP contribution is -2.24. The third kappa shape index (κ3) is 7.61. The van der Waals surface area contributed by atoms with Crippen LogP contribution in [0.5, 0.6) is 11.6 Å². The Hall–Kier alpha value is -3.52. The first kappa shape index (κ1) is 30.4. The number of rotatable bonds is 10. The number of halogens is 2. The Labute approximate surface area is 241 Å². The summed E-state index contributed by atoms with van der Waals surface area (Å²) in [5.41, 5.74) is 3.39. The van der Waals surface area contributed by atoms with E-state index in [4.69, 9.17) is 9.47 Å². The standard InChI is InChI=1S/C30H34F2N2O4.C3H6/c1-5-34(6-2)17-24-21(23-15-28(37-4)33-16-25(23)31)10-11-22(29(24)32)26-12-9-20-8-7-19(14-27(20)38-26)13-18(3)30(35)36;1-2-3-1/h7-8,10-11,14-16,18,26H,5-6,9,12-13,17H2,1-4H3,(H,35,36);1-3H2. The molecule has 41 heavy (non-hydrogen) atoms. The van der Waals surface area contributed by atoms with E-state index < -0.39 is 29.6 Å². The lowest BCUT2D eigenvalue weighted by Gasteiger charge is -2.29. The normalized spacial score (nSPS) is 16.2. The molecule has 5 rings (SSSR count). The van der Waals surface area contributed by atoms with Gasteiger partial charge in [0.25, 0.3) is 0 Å². The van der Waals surface area contributed by atoms with E-state index in [2.05, 4.69) is 9.88 Å². The van der Waals surface area contributed by atoms with Crippen LogP contribution in [-0.4, -0.2) is 41.2 Å². The van der Waals surface area contributed by atoms with Gasteiger partial charge in [-0.1, -0.05) is 64.3 Å². The van der Waals surface area contributed by atoms with Gasteiger partial charge in [-0.05, 0) is 55.1 Å². The number of pyridine rings is 1. The van der Waals surface area contributed by atoms with Crippen molar-refractivity contribution in [2.75, 3.05) is 20.2 Å². The molecule has 1 aliphatic carbocycles. The smallest absolute Gasteiger partial charge is 0.306 e. The van der Waals surface area contributed by atoms with Gasteiger partial charge in [0, 0.05) is 29.3 Å². The van der Waals surface area contributed by atoms with Crippen molar-refractivity contribution in [3.05, 3.63) is 76.5 Å². The highest BCUT2D eigenvalue weighted by molar-refractivity contribution is 5.70. The molecule has 2 atom stereocenters. The van der Waals surface area contributed by atoms with Crippen LogP contribution >= 0.6 is 0 Å². The second kappa shape index (κ2) is 13.9. The van der Waals surface area contributed by atoms with Crippen LogP contribution in [0.2, 0.25) is 0 Å². The van der Waals surface area contributed by atoms with E-state index in [0.29, 0.717) is 61.3 Å². The van der Waals surface area contributed by atoms with Crippen molar-refractivity contribution in [1.29, 1.82) is 0 Å². The Morgan fingerprint density at radius 1 is 1.12 bits per heavy atom. The fourth-order valence-corrected chi connectivity index (χ4v) is 4.90. The monoisotopic (exact) mass is 566 g/mol. The number of nitrogens with zero attached hydrogens (tertiary/aromatic N) is 2. The first-order valence-corrected chi connectivity index (χ1v) is 14.5. The number of methoxy groups -OCH3 is 1. The zero-order chi connectivity index (χ0) is 29.5. The first-order valence-electron chi connectivity index (χ1n) is 14.5. The summed E-state index contributed by atoms with van der Waals surface area (Å²) in [5.74, 6) is -1.44. The molecular formula is C33H40F2N2O4. The van der Waals surface area contributed by atoms with Crippen LogP contribution in [0.25, 0.3) is 11.1 Å². The second-order valence-corrected chi connectivity index (χ2v) is 10.8. The van der Waals surface area contributed by atoms with Crippen molar-refractivity contribution in [2.24, 2.45) is 5.92 Å². The van der Waals surface area contributed by atoms with Crippen LogP contribution in [0.1, 0.15) is 74.8 Å². The fraction of sp³-hybridized carbons (Fsp3) is 0.455. The van der Waals surface area contributed by atoms with Gasteiger partial charge in [-0.3, -0.25) is 9.69 Å². The summed E-state index contributed by atoms with van der Waals surface area (Å²) in [7, 11) is 1.45.